The van der Waals surface area contributed by atoms with Crippen LogP contribution in [0.3, 0.4) is 0 Å². The molecule has 0 radical (unpaired) electrons. The molecule has 5 heteroatoms. The van der Waals surface area contributed by atoms with Crippen molar-refractivity contribution in [2.75, 3.05) is 32.7 Å². The van der Waals surface area contributed by atoms with Gasteiger partial charge >= 0.3 is 0 Å². The van der Waals surface area contributed by atoms with Crippen molar-refractivity contribution in [2.45, 2.75) is 40.3 Å². The Hall–Kier alpha value is -0.910. The van der Waals surface area contributed by atoms with Crippen LogP contribution in [-0.2, 0) is 6.54 Å². The van der Waals surface area contributed by atoms with E-state index in [0.29, 0.717) is 0 Å². The number of nitrogens with zero attached hydrogens (tertiary/aromatic N) is 3. The molecule has 0 saturated carbocycles. The fraction of sp³-hybridized carbons (Fsp3) is 0.800. The molecule has 2 heterocycles. The van der Waals surface area contributed by atoms with Crippen molar-refractivity contribution in [3.8, 4) is 0 Å². The normalized spacial score (nSPS) is 20.2. The summed E-state index contributed by atoms with van der Waals surface area (Å²) in [5.41, 5.74) is 0.890. The van der Waals surface area contributed by atoms with Crippen LogP contribution in [-0.4, -0.2) is 58.9 Å². The summed E-state index contributed by atoms with van der Waals surface area (Å²) >= 11 is 0. The second kappa shape index (κ2) is 6.24. The Morgan fingerprint density at radius 3 is 2.35 bits per heavy atom. The van der Waals surface area contributed by atoms with Crippen LogP contribution < -0.4 is 0 Å². The van der Waals surface area contributed by atoms with Gasteiger partial charge in [-0.3, -0.25) is 9.80 Å². The fourth-order valence-corrected chi connectivity index (χ4v) is 2.36. The largest absolute Gasteiger partial charge is 0.391 e. The molecule has 1 aromatic heterocycles. The van der Waals surface area contributed by atoms with Gasteiger partial charge in [0.1, 0.15) is 0 Å². The molecular formula is C15H27N3O2. The van der Waals surface area contributed by atoms with E-state index in [9.17, 15) is 5.11 Å². The van der Waals surface area contributed by atoms with Gasteiger partial charge in [-0.05, 0) is 12.3 Å². The Bertz CT molecular complexity index is 417. The Labute approximate surface area is 121 Å². The minimum atomic E-state index is -0.272. The summed E-state index contributed by atoms with van der Waals surface area (Å²) in [5.74, 6) is 0.936. The zero-order chi connectivity index (χ0) is 14.8. The van der Waals surface area contributed by atoms with Gasteiger partial charge in [0, 0.05) is 38.8 Å². The molecule has 0 bridgehead atoms. The molecule has 1 aliphatic heterocycles. The van der Waals surface area contributed by atoms with Crippen molar-refractivity contribution < 1.29 is 9.63 Å². The SMILES string of the molecule is Cc1cc(CN2CCN(C[C@@H](O)C(C)(C)C)CC2)on1. The highest BCUT2D eigenvalue weighted by molar-refractivity contribution is 5.03. The molecule has 0 spiro atoms. The van der Waals surface area contributed by atoms with Gasteiger partial charge in [-0.2, -0.15) is 0 Å². The molecule has 1 N–H and O–H groups in total. The predicted octanol–water partition coefficient (Wildman–Crippen LogP) is 1.51. The number of hydrogen-bond acceptors (Lipinski definition) is 5. The number of hydrogen-bond donors (Lipinski definition) is 1. The molecule has 1 saturated heterocycles. The van der Waals surface area contributed by atoms with Gasteiger partial charge in [0.15, 0.2) is 5.76 Å². The molecule has 114 valence electrons. The zero-order valence-corrected chi connectivity index (χ0v) is 13.1. The molecule has 1 aromatic rings. The highest BCUT2D eigenvalue weighted by Crippen LogP contribution is 2.20. The van der Waals surface area contributed by atoms with E-state index in [2.05, 4.69) is 35.7 Å². The topological polar surface area (TPSA) is 52.7 Å². The molecule has 20 heavy (non-hydrogen) atoms. The maximum Gasteiger partial charge on any atom is 0.150 e. The van der Waals surface area contributed by atoms with Gasteiger partial charge in [-0.15, -0.1) is 0 Å². The van der Waals surface area contributed by atoms with E-state index < -0.39 is 0 Å². The van der Waals surface area contributed by atoms with Crippen molar-refractivity contribution >= 4 is 0 Å². The minimum absolute atomic E-state index is 0.0471. The van der Waals surface area contributed by atoms with Crippen LogP contribution in [0.1, 0.15) is 32.2 Å². The molecule has 2 rings (SSSR count). The van der Waals surface area contributed by atoms with Crippen molar-refractivity contribution in [3.63, 3.8) is 0 Å². The third-order valence-electron chi connectivity index (χ3n) is 3.95. The molecule has 0 amide bonds. The summed E-state index contributed by atoms with van der Waals surface area (Å²) in [6.07, 6.45) is -0.272. The first-order valence-corrected chi connectivity index (χ1v) is 7.39. The molecule has 0 unspecified atom stereocenters. The summed E-state index contributed by atoms with van der Waals surface area (Å²) in [5, 5.41) is 14.1. The van der Waals surface area contributed by atoms with Gasteiger partial charge in [0.25, 0.3) is 0 Å². The van der Waals surface area contributed by atoms with Crippen LogP contribution >= 0.6 is 0 Å². The number of rotatable bonds is 4. The van der Waals surface area contributed by atoms with Crippen LogP contribution in [0.15, 0.2) is 10.6 Å². The van der Waals surface area contributed by atoms with Gasteiger partial charge in [0.05, 0.1) is 18.3 Å². The lowest BCUT2D eigenvalue weighted by Gasteiger charge is -2.37. The Balaban J connectivity index is 1.75. The molecule has 1 fully saturated rings. The zero-order valence-electron chi connectivity index (χ0n) is 13.1. The summed E-state index contributed by atoms with van der Waals surface area (Å²) in [6, 6.07) is 2.00. The summed E-state index contributed by atoms with van der Waals surface area (Å²) in [7, 11) is 0. The maximum absolute atomic E-state index is 10.2. The number of aliphatic hydroxyl groups excluding tert-OH is 1. The molecule has 1 atom stereocenters. The Kier molecular flexibility index (Phi) is 4.83. The standard InChI is InChI=1S/C15H27N3O2/c1-12-9-13(20-16-12)10-17-5-7-18(8-6-17)11-14(19)15(2,3)4/h9,14,19H,5-8,10-11H2,1-4H3/t14-/m1/s1. The van der Waals surface area contributed by atoms with Crippen molar-refractivity contribution in [1.82, 2.24) is 15.0 Å². The summed E-state index contributed by atoms with van der Waals surface area (Å²) in [4.78, 5) is 4.72. The van der Waals surface area contributed by atoms with Gasteiger partial charge in [-0.25, -0.2) is 0 Å². The summed E-state index contributed by atoms with van der Waals surface area (Å²) < 4.78 is 5.26. The smallest absolute Gasteiger partial charge is 0.150 e. The number of aromatic nitrogens is 1. The quantitative estimate of drug-likeness (QED) is 0.906. The minimum Gasteiger partial charge on any atom is -0.391 e. The Morgan fingerprint density at radius 1 is 1.25 bits per heavy atom. The third kappa shape index (κ3) is 4.30. The Morgan fingerprint density at radius 2 is 1.85 bits per heavy atom. The molecule has 0 aromatic carbocycles. The number of piperazine rings is 1. The lowest BCUT2D eigenvalue weighted by molar-refractivity contribution is 0.0117. The highest BCUT2D eigenvalue weighted by atomic mass is 16.5. The van der Waals surface area contributed by atoms with Crippen LogP contribution in [0, 0.1) is 12.3 Å². The average Bonchev–Trinajstić information content (AvgIpc) is 2.76. The first-order chi connectivity index (χ1) is 9.34. The van der Waals surface area contributed by atoms with E-state index in [4.69, 9.17) is 4.52 Å². The van der Waals surface area contributed by atoms with Gasteiger partial charge in [0.2, 0.25) is 0 Å². The fourth-order valence-electron chi connectivity index (χ4n) is 2.36. The van der Waals surface area contributed by atoms with Crippen LogP contribution in [0.2, 0.25) is 0 Å². The van der Waals surface area contributed by atoms with E-state index in [0.717, 1.165) is 50.7 Å². The maximum atomic E-state index is 10.2. The predicted molar refractivity (Wildman–Crippen MR) is 78.4 cm³/mol. The first kappa shape index (κ1) is 15.5. The number of β-amino-alcohol motifs (C(OH)–C–C–N with tert-alkyl or cyclic N) is 1. The highest BCUT2D eigenvalue weighted by Gasteiger charge is 2.26. The lowest BCUT2D eigenvalue weighted by Crippen LogP contribution is -2.49. The molecular weight excluding hydrogens is 254 g/mol. The second-order valence-electron chi connectivity index (χ2n) is 6.89. The average molecular weight is 281 g/mol. The third-order valence-corrected chi connectivity index (χ3v) is 3.95. The number of aliphatic hydroxyl groups is 1. The van der Waals surface area contributed by atoms with E-state index in [1.165, 1.54) is 0 Å². The van der Waals surface area contributed by atoms with Gasteiger partial charge in [-0.1, -0.05) is 25.9 Å². The second-order valence-corrected chi connectivity index (χ2v) is 6.89. The molecule has 5 nitrogen and oxygen atoms in total. The number of aryl methyl sites for hydroxylation is 1. The first-order valence-electron chi connectivity index (χ1n) is 7.39. The monoisotopic (exact) mass is 281 g/mol. The van der Waals surface area contributed by atoms with Crippen LogP contribution in [0.4, 0.5) is 0 Å². The van der Waals surface area contributed by atoms with E-state index in [-0.39, 0.29) is 11.5 Å². The van der Waals surface area contributed by atoms with Crippen LogP contribution in [0.5, 0.6) is 0 Å². The van der Waals surface area contributed by atoms with E-state index in [1.54, 1.807) is 0 Å². The van der Waals surface area contributed by atoms with E-state index >= 15 is 0 Å². The van der Waals surface area contributed by atoms with Gasteiger partial charge < -0.3 is 9.63 Å². The van der Waals surface area contributed by atoms with Crippen LogP contribution in [0.25, 0.3) is 0 Å². The lowest BCUT2D eigenvalue weighted by atomic mass is 9.89. The van der Waals surface area contributed by atoms with Crippen molar-refractivity contribution in [2.24, 2.45) is 5.41 Å². The van der Waals surface area contributed by atoms with Crippen molar-refractivity contribution in [1.29, 1.82) is 0 Å². The summed E-state index contributed by atoms with van der Waals surface area (Å²) in [6.45, 7) is 13.8. The molecule has 1 aliphatic rings. The van der Waals surface area contributed by atoms with Crippen molar-refractivity contribution in [3.05, 3.63) is 17.5 Å². The molecule has 0 aliphatic carbocycles. The van der Waals surface area contributed by atoms with E-state index in [1.807, 2.05) is 13.0 Å².